The molecule has 4 aromatic rings. The van der Waals surface area contributed by atoms with Gasteiger partial charge in [0.05, 0.1) is 311 Å². The van der Waals surface area contributed by atoms with Gasteiger partial charge in [-0.15, -0.1) is 0 Å². The fourth-order valence-electron chi connectivity index (χ4n) is 11.7. The van der Waals surface area contributed by atoms with Gasteiger partial charge in [0.2, 0.25) is 0 Å². The first kappa shape index (κ1) is 124. The minimum Gasteiger partial charge on any atom is -0.491 e. The molecule has 6 aliphatic heterocycles. The molecule has 2 unspecified atom stereocenters. The van der Waals surface area contributed by atoms with E-state index in [2.05, 4.69) is 16.3 Å². The van der Waals surface area contributed by atoms with Crippen molar-refractivity contribution in [2.24, 2.45) is 35.1 Å². The molecule has 0 aliphatic carbocycles. The SMILES string of the molecule is NNC(=O)C1COCCOCCOCCO1.NNC(=O)C1COCCOCCOCCOCCOCCOCCO1.NNC(=O)OCc1ccc2c(c1)OCCOCCOCCOCCC2.NNC(=O)OCc1ccc2c(c1)OCCOCCOCCOCCOCCO2.NNC(=O)c1ccc2c(c1)OCCOCCOCCO2.NNC(=O)c1ccc2c(c1)OCCOCCOCCOCCOCCOCCO2. The van der Waals surface area contributed by atoms with Gasteiger partial charge in [-0.3, -0.25) is 51.7 Å². The summed E-state index contributed by atoms with van der Waals surface area (Å²) in [5.41, 5.74) is 15.5. The first-order valence-corrected chi connectivity index (χ1v) is 47.1. The third-order valence-corrected chi connectivity index (χ3v) is 18.7. The Morgan fingerprint density at radius 3 is 0.727 bits per heavy atom. The summed E-state index contributed by atoms with van der Waals surface area (Å²) in [6.45, 7) is 24.6. The summed E-state index contributed by atoms with van der Waals surface area (Å²) < 4.78 is 184. The molecule has 10 rings (SSSR count). The molecule has 0 bridgehead atoms. The van der Waals surface area contributed by atoms with Crippen LogP contribution in [0.3, 0.4) is 0 Å². The molecule has 0 radical (unpaired) electrons. The van der Waals surface area contributed by atoms with Crippen LogP contribution < -0.4 is 101 Å². The van der Waals surface area contributed by atoms with E-state index < -0.39 is 42.1 Å². The molecule has 0 spiro atoms. The zero-order chi connectivity index (χ0) is 102. The van der Waals surface area contributed by atoms with Gasteiger partial charge in [-0.25, -0.2) is 44.6 Å². The topological polar surface area (TPSA) is 645 Å². The van der Waals surface area contributed by atoms with Crippen LogP contribution in [0.1, 0.15) is 43.8 Å². The molecule has 18 N–H and O–H groups in total. The Morgan fingerprint density at radius 1 is 0.231 bits per heavy atom. The number of fused-ring (bicyclic) bond motifs is 4. The first-order valence-electron chi connectivity index (χ1n) is 47.1. The van der Waals surface area contributed by atoms with Crippen LogP contribution in [-0.2, 0) is 157 Å². The van der Waals surface area contributed by atoms with Crippen LogP contribution in [0.2, 0.25) is 0 Å². The van der Waals surface area contributed by atoms with Crippen LogP contribution >= 0.6 is 0 Å². The van der Waals surface area contributed by atoms with Crippen LogP contribution in [0.4, 0.5) is 9.59 Å². The molecule has 0 saturated carbocycles. The van der Waals surface area contributed by atoms with E-state index in [9.17, 15) is 28.8 Å². The summed E-state index contributed by atoms with van der Waals surface area (Å²) in [4.78, 5) is 68.4. The van der Waals surface area contributed by atoms with Crippen LogP contribution in [-0.4, -0.2) is 411 Å². The third-order valence-electron chi connectivity index (χ3n) is 18.7. The number of aryl methyl sites for hydroxylation is 1. The molecule has 2 saturated heterocycles. The van der Waals surface area contributed by atoms with Crippen LogP contribution in [0.25, 0.3) is 0 Å². The molecule has 6 heterocycles. The number of hydrazine groups is 6. The summed E-state index contributed by atoms with van der Waals surface area (Å²) in [5, 5.41) is 0. The highest BCUT2D eigenvalue weighted by molar-refractivity contribution is 5.95. The second kappa shape index (κ2) is 88.0. The quantitative estimate of drug-likeness (QED) is 0.0567. The molecule has 52 nitrogen and oxygen atoms in total. The van der Waals surface area contributed by atoms with E-state index in [0.717, 1.165) is 35.3 Å². The van der Waals surface area contributed by atoms with Crippen molar-refractivity contribution in [1.82, 2.24) is 32.6 Å². The Kier molecular flexibility index (Phi) is 76.4. The van der Waals surface area contributed by atoms with Crippen molar-refractivity contribution in [3.63, 3.8) is 0 Å². The van der Waals surface area contributed by atoms with E-state index >= 15 is 0 Å². The number of hydrogen-bond donors (Lipinski definition) is 12. The highest BCUT2D eigenvalue weighted by Gasteiger charge is 2.22. The molecule has 143 heavy (non-hydrogen) atoms. The fraction of sp³-hybridized carbons (Fsp3) is 0.670. The molecular formula is C91H150N12O40. The third kappa shape index (κ3) is 64.3. The molecule has 0 aromatic heterocycles. The largest absolute Gasteiger partial charge is 0.491 e. The van der Waals surface area contributed by atoms with Crippen LogP contribution in [0.15, 0.2) is 72.8 Å². The number of nitrogens with one attached hydrogen (secondary N) is 6. The normalized spacial score (nSPS) is 19.8. The fourth-order valence-corrected chi connectivity index (χ4v) is 11.7. The number of hydrogen-bond acceptors (Lipinski definition) is 46. The summed E-state index contributed by atoms with van der Waals surface area (Å²) in [7, 11) is 0. The number of ether oxygens (including phenoxy) is 34. The van der Waals surface area contributed by atoms with Gasteiger partial charge in [0.25, 0.3) is 23.6 Å². The van der Waals surface area contributed by atoms with E-state index in [-0.39, 0.29) is 38.9 Å². The van der Waals surface area contributed by atoms with E-state index in [1.54, 1.807) is 54.6 Å². The zero-order valence-electron chi connectivity index (χ0n) is 81.6. The van der Waals surface area contributed by atoms with Crippen molar-refractivity contribution in [3.8, 4) is 40.2 Å². The molecule has 6 aliphatic rings. The molecule has 2 fully saturated rings. The van der Waals surface area contributed by atoms with Gasteiger partial charge in [0.15, 0.2) is 46.7 Å². The van der Waals surface area contributed by atoms with E-state index in [0.29, 0.717) is 389 Å². The van der Waals surface area contributed by atoms with Gasteiger partial charge >= 0.3 is 12.2 Å². The van der Waals surface area contributed by atoms with Crippen molar-refractivity contribution in [2.75, 3.05) is 363 Å². The standard InChI is InChI=1S/C19H30N2O8.C18H28N2O8.C17H26N2O6.C15H30N2O8.C13H18N2O5.C9H18N2O5/c20-21-19(22)16-1-2-17-18(15-16)29-14-12-27-10-8-25-6-4-23-3-5-24-7-9-26-11-13-28-17;19-20-18(21)28-14-15-1-2-16-17(13-15)27-12-10-25-8-6-23-4-3-22-5-7-24-9-11-26-16;18-19-17(20)25-13-14-3-4-15-2-1-5-21-6-7-22-8-9-23-10-11-24-16(15)12-14;16-17-15(18)14-13-24-10-9-22-6-5-20-2-1-19-3-4-21-7-8-23-11-12-25-14;14-15-13(16)10-1-2-11-12(9-10)20-8-6-18-4-3-17-5-7-19-11;10-11-9(12)8-7-15-4-3-13-1-2-14-5-6-16-8/h1-2,15H,3-14,20H2,(H,21,22);1-2,13H,3-12,14,19H2,(H,20,21);3-4,12H,1-2,5-11,13,18H2,(H,19,20);14H,1-13,16H2,(H,17,18);1-2,9H,3-8,14H2,(H,15,16);8H,1-7,10H2,(H,11,12). The Balaban J connectivity index is 0.000000305. The Bertz CT molecular complexity index is 3840. The summed E-state index contributed by atoms with van der Waals surface area (Å²) in [5.74, 6) is 32.6. The molecule has 6 amide bonds. The molecule has 4 aromatic carbocycles. The average Bonchev–Trinajstić information content (AvgIpc) is 0.895. The lowest BCUT2D eigenvalue weighted by atomic mass is 10.1. The van der Waals surface area contributed by atoms with Gasteiger partial charge in [-0.05, 0) is 84.1 Å². The second-order valence-corrected chi connectivity index (χ2v) is 29.2. The van der Waals surface area contributed by atoms with Gasteiger partial charge in [0, 0.05) is 17.7 Å². The maximum Gasteiger partial charge on any atom is 0.421 e. The number of benzene rings is 4. The smallest absolute Gasteiger partial charge is 0.421 e. The highest BCUT2D eigenvalue weighted by atomic mass is 16.6. The summed E-state index contributed by atoms with van der Waals surface area (Å²) in [6.07, 6.45) is -1.16. The van der Waals surface area contributed by atoms with Crippen molar-refractivity contribution in [2.45, 2.75) is 38.3 Å². The number of amides is 6. The highest BCUT2D eigenvalue weighted by Crippen LogP contribution is 2.32. The number of carbonyl (C=O) groups is 6. The maximum absolute atomic E-state index is 11.8. The minimum absolute atomic E-state index is 0.0522. The first-order chi connectivity index (χ1) is 70.4. The number of rotatable bonds is 8. The zero-order valence-corrected chi connectivity index (χ0v) is 81.6. The van der Waals surface area contributed by atoms with Gasteiger partial charge in [-0.1, -0.05) is 18.2 Å². The lowest BCUT2D eigenvalue weighted by Gasteiger charge is -2.17. The van der Waals surface area contributed by atoms with Crippen LogP contribution in [0, 0.1) is 0 Å². The predicted octanol–water partition coefficient (Wildman–Crippen LogP) is -1.08. The van der Waals surface area contributed by atoms with E-state index in [4.69, 9.17) is 196 Å². The Hall–Kier alpha value is -9.34. The second-order valence-electron chi connectivity index (χ2n) is 29.2. The Morgan fingerprint density at radius 2 is 0.455 bits per heavy atom. The lowest BCUT2D eigenvalue weighted by molar-refractivity contribution is -0.140. The summed E-state index contributed by atoms with van der Waals surface area (Å²) in [6, 6.07) is 20.8. The average molecular weight is 2050 g/mol. The number of nitrogen functional groups attached to an aromatic ring is 2. The van der Waals surface area contributed by atoms with E-state index in [1.807, 2.05) is 34.5 Å². The molecule has 52 heteroatoms. The Labute approximate surface area is 832 Å². The van der Waals surface area contributed by atoms with Gasteiger partial charge in [0.1, 0.15) is 65.2 Å². The monoisotopic (exact) mass is 2050 g/mol. The maximum atomic E-state index is 11.8. The van der Waals surface area contributed by atoms with Gasteiger partial charge < -0.3 is 161 Å². The van der Waals surface area contributed by atoms with E-state index in [1.165, 1.54) is 0 Å². The summed E-state index contributed by atoms with van der Waals surface area (Å²) >= 11 is 0. The number of nitrogens with two attached hydrogens (primary N) is 6. The molecular weight excluding hydrogens is 1900 g/mol. The lowest BCUT2D eigenvalue weighted by Crippen LogP contribution is -2.43. The predicted molar refractivity (Wildman–Crippen MR) is 504 cm³/mol. The van der Waals surface area contributed by atoms with Crippen LogP contribution in [0.5, 0.6) is 40.2 Å². The van der Waals surface area contributed by atoms with Crippen molar-refractivity contribution in [1.29, 1.82) is 0 Å². The molecule has 2 atom stereocenters. The van der Waals surface area contributed by atoms with Crippen molar-refractivity contribution < 1.29 is 190 Å². The van der Waals surface area contributed by atoms with Gasteiger partial charge in [-0.2, -0.15) is 0 Å². The minimum atomic E-state index is -0.792. The number of carbonyl (C=O) groups excluding carboxylic acids is 6. The molecule has 814 valence electrons. The van der Waals surface area contributed by atoms with Crippen molar-refractivity contribution >= 4 is 35.8 Å². The van der Waals surface area contributed by atoms with Crippen molar-refractivity contribution in [3.05, 3.63) is 101 Å².